The average Bonchev–Trinajstić information content (AvgIpc) is 3.35. The van der Waals surface area contributed by atoms with Gasteiger partial charge in [-0.1, -0.05) is 54.6 Å². The third-order valence-corrected chi connectivity index (χ3v) is 9.61. The quantitative estimate of drug-likeness (QED) is 0.327. The molecule has 0 N–H and O–H groups in total. The van der Waals surface area contributed by atoms with Gasteiger partial charge in [-0.2, -0.15) is 0 Å². The Kier molecular flexibility index (Phi) is 6.58. The first-order valence-electron chi connectivity index (χ1n) is 14.9. The fourth-order valence-corrected chi connectivity index (χ4v) is 7.68. The molecule has 0 spiro atoms. The highest BCUT2D eigenvalue weighted by Gasteiger charge is 2.57. The van der Waals surface area contributed by atoms with Crippen LogP contribution in [0, 0.1) is 11.3 Å². The molecule has 2 atom stereocenters. The van der Waals surface area contributed by atoms with Crippen molar-refractivity contribution >= 4 is 28.7 Å². The van der Waals surface area contributed by atoms with E-state index in [1.54, 1.807) is 6.07 Å². The summed E-state index contributed by atoms with van der Waals surface area (Å²) in [6.45, 7) is 2.80. The summed E-state index contributed by atoms with van der Waals surface area (Å²) in [7, 11) is 2.93. The van der Waals surface area contributed by atoms with Crippen LogP contribution in [0.5, 0.6) is 0 Å². The molecule has 4 aromatic rings. The second-order valence-corrected chi connectivity index (χ2v) is 12.4. The lowest BCUT2D eigenvalue weighted by Gasteiger charge is -2.48. The molecule has 9 heteroatoms. The molecule has 2 aromatic heterocycles. The van der Waals surface area contributed by atoms with Crippen molar-refractivity contribution in [3.63, 3.8) is 0 Å². The molecule has 0 radical (unpaired) electrons. The number of nitrogens with zero attached hydrogens (tertiary/aromatic N) is 5. The molecular weight excluding hydrogens is 542 g/mol. The first-order valence-corrected chi connectivity index (χ1v) is 14.9. The first kappa shape index (κ1) is 27.3. The highest BCUT2D eigenvalue weighted by molar-refractivity contribution is 6.19. The minimum Gasteiger partial charge on any atom is -0.343 e. The van der Waals surface area contributed by atoms with Crippen LogP contribution < -0.4 is 5.56 Å². The lowest BCUT2D eigenvalue weighted by Crippen LogP contribution is -2.67. The molecule has 3 aliphatic heterocycles. The number of urea groups is 1. The van der Waals surface area contributed by atoms with Crippen molar-refractivity contribution in [2.45, 2.75) is 31.8 Å². The van der Waals surface area contributed by atoms with E-state index in [0.29, 0.717) is 26.2 Å². The second-order valence-electron chi connectivity index (χ2n) is 12.4. The van der Waals surface area contributed by atoms with Gasteiger partial charge in [0.15, 0.2) is 0 Å². The monoisotopic (exact) mass is 577 g/mol. The molecule has 0 saturated carbocycles. The van der Waals surface area contributed by atoms with Gasteiger partial charge in [-0.25, -0.2) is 4.79 Å². The zero-order valence-corrected chi connectivity index (χ0v) is 24.5. The maximum Gasteiger partial charge on any atom is 0.332 e. The SMILES string of the molecule is CN1C(=O)N(C)C(=O)C(Cc2cn(Cc3ccccc3)c3ccccc23)(CN2C[C@@H]3C[C@H](C2)c2cccc(=O)n2C3)C1=O. The van der Waals surface area contributed by atoms with Gasteiger partial charge in [-0.05, 0) is 42.0 Å². The minimum absolute atomic E-state index is 0.0170. The van der Waals surface area contributed by atoms with E-state index in [9.17, 15) is 19.2 Å². The Bertz CT molecular complexity index is 1780. The molecular formula is C34H35N5O4. The number of benzene rings is 2. The van der Waals surface area contributed by atoms with Crippen LogP contribution in [-0.2, 0) is 29.1 Å². The Morgan fingerprint density at radius 1 is 0.791 bits per heavy atom. The molecule has 7 rings (SSSR count). The van der Waals surface area contributed by atoms with Crippen LogP contribution in [0.4, 0.5) is 4.79 Å². The van der Waals surface area contributed by atoms with Gasteiger partial charge in [-0.15, -0.1) is 0 Å². The Balaban J connectivity index is 1.28. The Morgan fingerprint density at radius 3 is 2.28 bits per heavy atom. The number of imide groups is 2. The maximum absolute atomic E-state index is 14.2. The second kappa shape index (κ2) is 10.3. The maximum atomic E-state index is 14.2. The number of barbiturate groups is 1. The van der Waals surface area contributed by atoms with Gasteiger partial charge in [0.05, 0.1) is 0 Å². The predicted octanol–water partition coefficient (Wildman–Crippen LogP) is 3.55. The van der Waals surface area contributed by atoms with Gasteiger partial charge in [0.25, 0.3) is 5.56 Å². The Hall–Kier alpha value is -4.50. The van der Waals surface area contributed by atoms with Crippen molar-refractivity contribution in [1.82, 2.24) is 23.8 Å². The molecule has 0 aliphatic carbocycles. The van der Waals surface area contributed by atoms with Gasteiger partial charge in [0, 0.05) is 81.6 Å². The van der Waals surface area contributed by atoms with E-state index in [1.165, 1.54) is 14.1 Å². The average molecular weight is 578 g/mol. The third kappa shape index (κ3) is 4.50. The van der Waals surface area contributed by atoms with Crippen LogP contribution in [0.25, 0.3) is 10.9 Å². The molecule has 4 amide bonds. The zero-order valence-electron chi connectivity index (χ0n) is 24.5. The van der Waals surface area contributed by atoms with E-state index in [0.717, 1.165) is 43.9 Å². The van der Waals surface area contributed by atoms with Gasteiger partial charge in [0.2, 0.25) is 11.8 Å². The number of pyridine rings is 1. The van der Waals surface area contributed by atoms with Gasteiger partial charge >= 0.3 is 6.03 Å². The third-order valence-electron chi connectivity index (χ3n) is 9.61. The summed E-state index contributed by atoms with van der Waals surface area (Å²) in [4.78, 5) is 58.3. The van der Waals surface area contributed by atoms with Crippen molar-refractivity contribution in [3.8, 4) is 0 Å². The van der Waals surface area contributed by atoms with Gasteiger partial charge < -0.3 is 14.0 Å². The lowest BCUT2D eigenvalue weighted by atomic mass is 9.75. The number of carbonyl (C=O) groups is 3. The summed E-state index contributed by atoms with van der Waals surface area (Å²) in [6, 6.07) is 23.1. The number of piperidine rings is 1. The van der Waals surface area contributed by atoms with E-state index >= 15 is 0 Å². The van der Waals surface area contributed by atoms with Crippen molar-refractivity contribution in [3.05, 3.63) is 106 Å². The molecule has 2 bridgehead atoms. The number of hydrogen-bond acceptors (Lipinski definition) is 5. The van der Waals surface area contributed by atoms with Crippen molar-refractivity contribution in [1.29, 1.82) is 0 Å². The van der Waals surface area contributed by atoms with E-state index in [2.05, 4.69) is 33.9 Å². The van der Waals surface area contributed by atoms with E-state index in [1.807, 2.05) is 53.1 Å². The summed E-state index contributed by atoms with van der Waals surface area (Å²) >= 11 is 0. The van der Waals surface area contributed by atoms with Crippen LogP contribution in [0.1, 0.15) is 29.2 Å². The van der Waals surface area contributed by atoms with Crippen LogP contribution in [0.2, 0.25) is 0 Å². The number of hydrogen-bond donors (Lipinski definition) is 0. The molecule has 2 saturated heterocycles. The smallest absolute Gasteiger partial charge is 0.332 e. The van der Waals surface area contributed by atoms with E-state index in [4.69, 9.17) is 0 Å². The number of aromatic nitrogens is 2. The van der Waals surface area contributed by atoms with Crippen molar-refractivity contribution < 1.29 is 14.4 Å². The largest absolute Gasteiger partial charge is 0.343 e. The van der Waals surface area contributed by atoms with Crippen LogP contribution in [-0.4, -0.2) is 75.4 Å². The molecule has 43 heavy (non-hydrogen) atoms. The molecule has 3 aliphatic rings. The topological polar surface area (TPSA) is 87.9 Å². The molecule has 2 aromatic carbocycles. The fourth-order valence-electron chi connectivity index (χ4n) is 7.68. The van der Waals surface area contributed by atoms with Crippen LogP contribution in [0.3, 0.4) is 0 Å². The normalized spacial score (nSPS) is 21.9. The number of para-hydroxylation sites is 1. The molecule has 9 nitrogen and oxygen atoms in total. The number of amides is 4. The fraction of sp³-hybridized carbons (Fsp3) is 0.353. The highest BCUT2D eigenvalue weighted by atomic mass is 16.2. The standard InChI is InChI=1S/C34H35N5O4/c1-35-31(41)34(32(42)36(2)33(35)43,22-37-17-24-15-25(20-37)28-13-8-14-30(40)39(28)19-24)16-26-21-38(18-23-9-4-3-5-10-23)29-12-7-6-11-27(26)29/h3-14,21,24-25H,15-20,22H2,1-2H3/t24-,25+/m0/s1. The molecule has 220 valence electrons. The van der Waals surface area contributed by atoms with Crippen molar-refractivity contribution in [2.24, 2.45) is 11.3 Å². The first-order chi connectivity index (χ1) is 20.7. The Morgan fingerprint density at radius 2 is 1.51 bits per heavy atom. The number of rotatable bonds is 6. The molecule has 5 heterocycles. The van der Waals surface area contributed by atoms with Crippen LogP contribution in [0.15, 0.2) is 83.8 Å². The highest BCUT2D eigenvalue weighted by Crippen LogP contribution is 2.40. The number of fused-ring (bicyclic) bond motifs is 5. The summed E-state index contributed by atoms with van der Waals surface area (Å²) in [5.41, 5.74) is 2.64. The minimum atomic E-state index is -1.47. The van der Waals surface area contributed by atoms with Crippen LogP contribution >= 0.6 is 0 Å². The summed E-state index contributed by atoms with van der Waals surface area (Å²) < 4.78 is 4.05. The lowest BCUT2D eigenvalue weighted by molar-refractivity contribution is -0.159. The van der Waals surface area contributed by atoms with E-state index in [-0.39, 0.29) is 30.4 Å². The van der Waals surface area contributed by atoms with Crippen molar-refractivity contribution in [2.75, 3.05) is 33.7 Å². The number of likely N-dealkylation sites (tertiary alicyclic amines) is 1. The molecule has 2 fully saturated rings. The summed E-state index contributed by atoms with van der Waals surface area (Å²) in [6.07, 6.45) is 3.21. The zero-order chi connectivity index (χ0) is 29.9. The summed E-state index contributed by atoms with van der Waals surface area (Å²) in [5, 5.41) is 0.990. The Labute approximate surface area is 249 Å². The van der Waals surface area contributed by atoms with E-state index < -0.39 is 23.3 Å². The van der Waals surface area contributed by atoms with Gasteiger partial charge in [0.1, 0.15) is 5.41 Å². The van der Waals surface area contributed by atoms with Gasteiger partial charge in [-0.3, -0.25) is 24.2 Å². The summed E-state index contributed by atoms with van der Waals surface area (Å²) in [5.74, 6) is -0.556. The predicted molar refractivity (Wildman–Crippen MR) is 163 cm³/mol. The molecule has 0 unspecified atom stereocenters. The number of carbonyl (C=O) groups excluding carboxylic acids is 3.